The van der Waals surface area contributed by atoms with Crippen LogP contribution in [-0.4, -0.2) is 71.7 Å². The number of ether oxygens (including phenoxy) is 1. The van der Waals surface area contributed by atoms with Crippen molar-refractivity contribution in [1.29, 1.82) is 0 Å². The molecule has 3 heterocycles. The molecule has 3 atom stereocenters. The van der Waals surface area contributed by atoms with E-state index in [-0.39, 0.29) is 36.9 Å². The number of carbonyl (C=O) groups is 2. The molecule has 0 bridgehead atoms. The molecule has 3 aliphatic heterocycles. The maximum absolute atomic E-state index is 12.4. The van der Waals surface area contributed by atoms with E-state index in [0.717, 1.165) is 25.7 Å². The normalized spacial score (nSPS) is 32.5. The summed E-state index contributed by atoms with van der Waals surface area (Å²) in [6, 6.07) is -0.294. The van der Waals surface area contributed by atoms with Gasteiger partial charge in [0.25, 0.3) is 0 Å². The van der Waals surface area contributed by atoms with E-state index in [1.54, 1.807) is 4.90 Å². The maximum atomic E-state index is 12.4. The second-order valence-electron chi connectivity index (χ2n) is 6.01. The molecule has 0 aromatic heterocycles. The second kappa shape index (κ2) is 5.69. The highest BCUT2D eigenvalue weighted by molar-refractivity contribution is 5.95. The summed E-state index contributed by atoms with van der Waals surface area (Å²) in [5, 5.41) is 10.2. The van der Waals surface area contributed by atoms with Crippen molar-refractivity contribution in [1.82, 2.24) is 9.80 Å². The Bertz CT molecular complexity index is 395. The first kappa shape index (κ1) is 13.8. The second-order valence-corrected chi connectivity index (χ2v) is 6.01. The summed E-state index contributed by atoms with van der Waals surface area (Å²) in [5.41, 5.74) is 0. The maximum Gasteiger partial charge on any atom is 0.245 e. The van der Waals surface area contributed by atoms with Crippen molar-refractivity contribution in [3.8, 4) is 0 Å². The number of hydrogen-bond acceptors (Lipinski definition) is 4. The molecular weight excluding hydrogens is 260 g/mol. The van der Waals surface area contributed by atoms with E-state index in [4.69, 9.17) is 4.74 Å². The molecule has 0 aromatic rings. The van der Waals surface area contributed by atoms with Crippen molar-refractivity contribution in [3.05, 3.63) is 0 Å². The van der Waals surface area contributed by atoms with Gasteiger partial charge in [0.2, 0.25) is 11.8 Å². The van der Waals surface area contributed by atoms with Crippen molar-refractivity contribution >= 4 is 11.8 Å². The molecule has 20 heavy (non-hydrogen) atoms. The van der Waals surface area contributed by atoms with Crippen LogP contribution in [0.1, 0.15) is 25.7 Å². The third-order valence-electron chi connectivity index (χ3n) is 4.66. The average molecular weight is 282 g/mol. The number of aliphatic hydroxyl groups excluding tert-OH is 1. The van der Waals surface area contributed by atoms with Crippen LogP contribution in [0.5, 0.6) is 0 Å². The zero-order valence-electron chi connectivity index (χ0n) is 11.7. The average Bonchev–Trinajstić information content (AvgIpc) is 2.99. The van der Waals surface area contributed by atoms with Gasteiger partial charge in [-0.25, -0.2) is 0 Å². The number of piperazine rings is 1. The minimum absolute atomic E-state index is 0.00210. The van der Waals surface area contributed by atoms with E-state index in [0.29, 0.717) is 19.8 Å². The Morgan fingerprint density at radius 3 is 2.90 bits per heavy atom. The van der Waals surface area contributed by atoms with Gasteiger partial charge in [-0.05, 0) is 25.7 Å². The molecular formula is C14H22N2O4. The molecule has 0 saturated carbocycles. The number of β-amino-alcohol motifs (C(OH)–C–C–N with tert-alkyl or cyclic N) is 1. The first-order chi connectivity index (χ1) is 9.66. The number of piperidine rings is 1. The molecule has 1 N–H and O–H groups in total. The molecule has 2 amide bonds. The molecule has 6 heteroatoms. The highest BCUT2D eigenvalue weighted by atomic mass is 16.5. The van der Waals surface area contributed by atoms with Crippen molar-refractivity contribution in [2.75, 3.05) is 32.8 Å². The number of aliphatic hydroxyl groups is 1. The summed E-state index contributed by atoms with van der Waals surface area (Å²) in [4.78, 5) is 27.8. The first-order valence-electron chi connectivity index (χ1n) is 7.51. The van der Waals surface area contributed by atoms with Gasteiger partial charge in [0.1, 0.15) is 6.04 Å². The van der Waals surface area contributed by atoms with Crippen LogP contribution in [0, 0.1) is 5.92 Å². The molecule has 0 spiro atoms. The number of fused-ring (bicyclic) bond motifs is 1. The van der Waals surface area contributed by atoms with Gasteiger partial charge in [-0.15, -0.1) is 0 Å². The van der Waals surface area contributed by atoms with Gasteiger partial charge < -0.3 is 19.6 Å². The molecule has 3 fully saturated rings. The summed E-state index contributed by atoms with van der Waals surface area (Å²) in [7, 11) is 0. The van der Waals surface area contributed by atoms with Gasteiger partial charge in [-0.3, -0.25) is 9.59 Å². The zero-order chi connectivity index (χ0) is 14.1. The first-order valence-corrected chi connectivity index (χ1v) is 7.51. The van der Waals surface area contributed by atoms with E-state index in [2.05, 4.69) is 0 Å². The SMILES string of the molecule is O=C1C2CCCCN2C(=O)CN1CC(O)C1CCOC1. The number of carbonyl (C=O) groups excluding carboxylic acids is 2. The van der Waals surface area contributed by atoms with Crippen LogP contribution in [0.15, 0.2) is 0 Å². The molecule has 3 saturated heterocycles. The third kappa shape index (κ3) is 2.54. The number of rotatable bonds is 3. The topological polar surface area (TPSA) is 70.1 Å². The lowest BCUT2D eigenvalue weighted by atomic mass is 9.96. The highest BCUT2D eigenvalue weighted by Gasteiger charge is 2.41. The Morgan fingerprint density at radius 1 is 1.30 bits per heavy atom. The highest BCUT2D eigenvalue weighted by Crippen LogP contribution is 2.24. The Hall–Kier alpha value is -1.14. The fourth-order valence-electron chi connectivity index (χ4n) is 3.42. The molecule has 0 aromatic carbocycles. The van der Waals surface area contributed by atoms with Gasteiger partial charge in [-0.1, -0.05) is 0 Å². The van der Waals surface area contributed by atoms with Gasteiger partial charge >= 0.3 is 0 Å². The summed E-state index contributed by atoms with van der Waals surface area (Å²) in [6.45, 7) is 2.28. The van der Waals surface area contributed by atoms with E-state index in [9.17, 15) is 14.7 Å². The lowest BCUT2D eigenvalue weighted by Crippen LogP contribution is -2.62. The minimum Gasteiger partial charge on any atom is -0.391 e. The molecule has 3 unspecified atom stereocenters. The number of hydrogen-bond donors (Lipinski definition) is 1. The van der Waals surface area contributed by atoms with Crippen molar-refractivity contribution < 1.29 is 19.4 Å². The van der Waals surface area contributed by atoms with Crippen molar-refractivity contribution in [2.45, 2.75) is 37.8 Å². The van der Waals surface area contributed by atoms with Crippen LogP contribution in [0.25, 0.3) is 0 Å². The van der Waals surface area contributed by atoms with Crippen molar-refractivity contribution in [3.63, 3.8) is 0 Å². The standard InChI is InChI=1S/C14H22N2O4/c17-12(10-4-6-20-9-10)7-15-8-13(18)16-5-2-1-3-11(16)14(15)19/h10-12,17H,1-9H2. The molecule has 112 valence electrons. The molecule has 3 rings (SSSR count). The summed E-state index contributed by atoms with van der Waals surface area (Å²) >= 11 is 0. The summed E-state index contributed by atoms with van der Waals surface area (Å²) in [5.74, 6) is 0.105. The Balaban J connectivity index is 1.64. The monoisotopic (exact) mass is 282 g/mol. The minimum atomic E-state index is -0.593. The smallest absolute Gasteiger partial charge is 0.245 e. The van der Waals surface area contributed by atoms with Crippen molar-refractivity contribution in [2.24, 2.45) is 5.92 Å². The van der Waals surface area contributed by atoms with Gasteiger partial charge in [0.05, 0.1) is 19.3 Å². The summed E-state index contributed by atoms with van der Waals surface area (Å²) in [6.07, 6.45) is 2.96. The Labute approximate surface area is 118 Å². The fraction of sp³-hybridized carbons (Fsp3) is 0.857. The Morgan fingerprint density at radius 2 is 2.15 bits per heavy atom. The fourth-order valence-corrected chi connectivity index (χ4v) is 3.42. The van der Waals surface area contributed by atoms with Gasteiger partial charge in [0, 0.05) is 25.6 Å². The lowest BCUT2D eigenvalue weighted by molar-refractivity contribution is -0.159. The quantitative estimate of drug-likeness (QED) is 0.765. The van der Waals surface area contributed by atoms with Crippen LogP contribution in [0.2, 0.25) is 0 Å². The van der Waals surface area contributed by atoms with Gasteiger partial charge in [0.15, 0.2) is 0 Å². The van der Waals surface area contributed by atoms with Crippen LogP contribution >= 0.6 is 0 Å². The lowest BCUT2D eigenvalue weighted by Gasteiger charge is -2.43. The van der Waals surface area contributed by atoms with Crippen LogP contribution in [-0.2, 0) is 14.3 Å². The van der Waals surface area contributed by atoms with Crippen LogP contribution in [0.4, 0.5) is 0 Å². The van der Waals surface area contributed by atoms with Crippen LogP contribution in [0.3, 0.4) is 0 Å². The number of amides is 2. The predicted octanol–water partition coefficient (Wildman–Crippen LogP) is -0.393. The largest absolute Gasteiger partial charge is 0.391 e. The van der Waals surface area contributed by atoms with E-state index in [1.165, 1.54) is 4.90 Å². The molecule has 6 nitrogen and oxygen atoms in total. The van der Waals surface area contributed by atoms with E-state index in [1.807, 2.05) is 0 Å². The van der Waals surface area contributed by atoms with E-state index < -0.39 is 6.10 Å². The summed E-state index contributed by atoms with van der Waals surface area (Å²) < 4.78 is 5.26. The molecule has 0 aliphatic carbocycles. The predicted molar refractivity (Wildman–Crippen MR) is 70.9 cm³/mol. The molecule has 3 aliphatic rings. The third-order valence-corrected chi connectivity index (χ3v) is 4.66. The van der Waals surface area contributed by atoms with E-state index >= 15 is 0 Å². The zero-order valence-corrected chi connectivity index (χ0v) is 11.7. The number of nitrogens with zero attached hydrogens (tertiary/aromatic N) is 2. The van der Waals surface area contributed by atoms with Crippen LogP contribution < -0.4 is 0 Å². The molecule has 0 radical (unpaired) electrons. The Kier molecular flexibility index (Phi) is 3.94. The van der Waals surface area contributed by atoms with Gasteiger partial charge in [-0.2, -0.15) is 0 Å².